The van der Waals surface area contributed by atoms with Gasteiger partial charge in [0.05, 0.1) is 36.5 Å². The summed E-state index contributed by atoms with van der Waals surface area (Å²) in [6.07, 6.45) is 2.37. The number of carbonyl (C=O) groups is 1. The third kappa shape index (κ3) is 2.99. The number of imidazole rings is 1. The van der Waals surface area contributed by atoms with Crippen LogP contribution in [0.15, 0.2) is 24.5 Å². The molecule has 28 heavy (non-hydrogen) atoms. The largest absolute Gasteiger partial charge is 0.378 e. The van der Waals surface area contributed by atoms with Gasteiger partial charge in [0.1, 0.15) is 18.0 Å². The topological polar surface area (TPSA) is 87.2 Å². The van der Waals surface area contributed by atoms with Crippen molar-refractivity contribution in [3.63, 3.8) is 0 Å². The van der Waals surface area contributed by atoms with E-state index in [1.807, 2.05) is 30.0 Å². The third-order valence-electron chi connectivity index (χ3n) is 5.43. The zero-order chi connectivity index (χ0) is 19.1. The van der Waals surface area contributed by atoms with E-state index in [1.54, 1.807) is 6.33 Å². The molecule has 0 saturated carbocycles. The predicted octanol–water partition coefficient (Wildman–Crippen LogP) is 1.70. The van der Waals surface area contributed by atoms with Crippen LogP contribution in [0.5, 0.6) is 0 Å². The molecular weight excluding hydrogens is 356 g/mol. The van der Waals surface area contributed by atoms with Gasteiger partial charge in [-0.25, -0.2) is 15.0 Å². The first kappa shape index (κ1) is 17.1. The number of morpholine rings is 1. The fourth-order valence-corrected chi connectivity index (χ4v) is 4.01. The molecule has 5 rings (SSSR count). The number of hydrogen-bond acceptors (Lipinski definition) is 6. The van der Waals surface area contributed by atoms with Crippen molar-refractivity contribution in [1.29, 1.82) is 0 Å². The number of ether oxygens (including phenoxy) is 1. The Morgan fingerprint density at radius 2 is 2.04 bits per heavy atom. The van der Waals surface area contributed by atoms with Crippen molar-refractivity contribution in [2.45, 2.75) is 19.9 Å². The molecule has 0 spiro atoms. The van der Waals surface area contributed by atoms with Crippen LogP contribution in [0, 0.1) is 6.92 Å². The maximum Gasteiger partial charge on any atom is 0.254 e. The number of hydrogen-bond donors (Lipinski definition) is 1. The molecule has 8 heteroatoms. The van der Waals surface area contributed by atoms with Crippen LogP contribution in [0.4, 0.5) is 5.82 Å². The molecule has 3 aromatic rings. The monoisotopic (exact) mass is 378 g/mol. The lowest BCUT2D eigenvalue weighted by Gasteiger charge is -2.33. The highest BCUT2D eigenvalue weighted by Gasteiger charge is 2.27. The minimum Gasteiger partial charge on any atom is -0.378 e. The lowest BCUT2D eigenvalue weighted by atomic mass is 10.0. The minimum atomic E-state index is 0.0198. The summed E-state index contributed by atoms with van der Waals surface area (Å²) in [7, 11) is 0. The van der Waals surface area contributed by atoms with Gasteiger partial charge in [0.25, 0.3) is 5.91 Å². The first-order valence-corrected chi connectivity index (χ1v) is 9.60. The van der Waals surface area contributed by atoms with Gasteiger partial charge >= 0.3 is 0 Å². The number of nitrogens with one attached hydrogen (secondary N) is 1. The fraction of sp³-hybridized carbons (Fsp3) is 0.400. The van der Waals surface area contributed by atoms with Crippen molar-refractivity contribution < 1.29 is 9.53 Å². The van der Waals surface area contributed by atoms with Gasteiger partial charge in [-0.3, -0.25) is 4.79 Å². The second-order valence-electron chi connectivity index (χ2n) is 7.25. The molecule has 1 aromatic carbocycles. The van der Waals surface area contributed by atoms with Gasteiger partial charge in [0.2, 0.25) is 0 Å². The maximum atomic E-state index is 13.1. The van der Waals surface area contributed by atoms with Crippen LogP contribution in [-0.2, 0) is 17.7 Å². The van der Waals surface area contributed by atoms with E-state index in [4.69, 9.17) is 4.74 Å². The van der Waals surface area contributed by atoms with Gasteiger partial charge in [0.15, 0.2) is 0 Å². The molecule has 1 amide bonds. The molecule has 0 radical (unpaired) electrons. The van der Waals surface area contributed by atoms with Crippen molar-refractivity contribution in [3.8, 4) is 0 Å². The summed E-state index contributed by atoms with van der Waals surface area (Å²) >= 11 is 0. The number of amides is 1. The van der Waals surface area contributed by atoms with Gasteiger partial charge in [0, 0.05) is 30.8 Å². The average Bonchev–Trinajstić information content (AvgIpc) is 3.12. The number of aromatic nitrogens is 4. The number of anilines is 1. The second kappa shape index (κ2) is 6.87. The summed E-state index contributed by atoms with van der Waals surface area (Å²) in [5.41, 5.74) is 4.53. The van der Waals surface area contributed by atoms with E-state index >= 15 is 0 Å². The second-order valence-corrected chi connectivity index (χ2v) is 7.25. The third-order valence-corrected chi connectivity index (χ3v) is 5.43. The Morgan fingerprint density at radius 3 is 2.89 bits per heavy atom. The minimum absolute atomic E-state index is 0.0198. The van der Waals surface area contributed by atoms with E-state index in [0.717, 1.165) is 66.7 Å². The van der Waals surface area contributed by atoms with Gasteiger partial charge in [-0.2, -0.15) is 0 Å². The molecule has 2 aromatic heterocycles. The number of nitrogens with zero attached hydrogens (tertiary/aromatic N) is 5. The normalized spacial score (nSPS) is 17.0. The summed E-state index contributed by atoms with van der Waals surface area (Å²) < 4.78 is 5.45. The van der Waals surface area contributed by atoms with E-state index in [1.165, 1.54) is 0 Å². The number of fused-ring (bicyclic) bond motifs is 2. The fourth-order valence-electron chi connectivity index (χ4n) is 4.01. The Morgan fingerprint density at radius 1 is 1.18 bits per heavy atom. The van der Waals surface area contributed by atoms with Crippen molar-refractivity contribution >= 4 is 22.8 Å². The smallest absolute Gasteiger partial charge is 0.254 e. The van der Waals surface area contributed by atoms with E-state index in [-0.39, 0.29) is 5.91 Å². The first-order chi connectivity index (χ1) is 13.7. The number of aryl methyl sites for hydroxylation is 1. The van der Waals surface area contributed by atoms with Gasteiger partial charge in [-0.15, -0.1) is 0 Å². The van der Waals surface area contributed by atoms with Gasteiger partial charge in [-0.1, -0.05) is 0 Å². The molecule has 1 fully saturated rings. The highest BCUT2D eigenvalue weighted by Crippen LogP contribution is 2.27. The summed E-state index contributed by atoms with van der Waals surface area (Å²) in [5.74, 6) is 1.86. The van der Waals surface area contributed by atoms with E-state index < -0.39 is 0 Å². The van der Waals surface area contributed by atoms with Crippen molar-refractivity contribution in [3.05, 3.63) is 47.2 Å². The molecule has 0 unspecified atom stereocenters. The first-order valence-electron chi connectivity index (χ1n) is 9.60. The zero-order valence-corrected chi connectivity index (χ0v) is 15.8. The molecule has 4 heterocycles. The molecule has 2 aliphatic rings. The number of benzene rings is 1. The van der Waals surface area contributed by atoms with Crippen LogP contribution >= 0.6 is 0 Å². The van der Waals surface area contributed by atoms with E-state index in [0.29, 0.717) is 18.7 Å². The molecule has 1 saturated heterocycles. The Hall–Kier alpha value is -3.00. The molecule has 8 nitrogen and oxygen atoms in total. The summed E-state index contributed by atoms with van der Waals surface area (Å²) in [5, 5.41) is 0. The molecule has 0 bridgehead atoms. The van der Waals surface area contributed by atoms with Gasteiger partial charge < -0.3 is 19.5 Å². The van der Waals surface area contributed by atoms with E-state index in [9.17, 15) is 4.79 Å². The molecule has 0 aliphatic carbocycles. The number of rotatable bonds is 2. The quantitative estimate of drug-likeness (QED) is 0.730. The molecular formula is C20H22N6O2. The van der Waals surface area contributed by atoms with Gasteiger partial charge in [-0.05, 0) is 31.5 Å². The molecule has 144 valence electrons. The molecule has 2 aliphatic heterocycles. The maximum absolute atomic E-state index is 13.1. The van der Waals surface area contributed by atoms with Crippen LogP contribution in [0.2, 0.25) is 0 Å². The number of aromatic amines is 1. The Kier molecular flexibility index (Phi) is 4.20. The summed E-state index contributed by atoms with van der Waals surface area (Å²) in [6.45, 7) is 6.21. The lowest BCUT2D eigenvalue weighted by Crippen LogP contribution is -2.40. The van der Waals surface area contributed by atoms with Crippen LogP contribution in [0.25, 0.3) is 11.0 Å². The molecule has 1 N–H and O–H groups in total. The lowest BCUT2D eigenvalue weighted by molar-refractivity contribution is 0.0731. The van der Waals surface area contributed by atoms with Crippen molar-refractivity contribution in [2.24, 2.45) is 0 Å². The SMILES string of the molecule is Cc1nc2ccc(C(=O)N3CCc4c(ncnc4N4CCOCC4)C3)cc2[nH]1. The van der Waals surface area contributed by atoms with E-state index in [2.05, 4.69) is 24.8 Å². The Labute approximate surface area is 162 Å². The average molecular weight is 378 g/mol. The molecule has 0 atom stereocenters. The van der Waals surface area contributed by atoms with Crippen LogP contribution in [0.3, 0.4) is 0 Å². The summed E-state index contributed by atoms with van der Waals surface area (Å²) in [6, 6.07) is 5.62. The zero-order valence-electron chi connectivity index (χ0n) is 15.8. The predicted molar refractivity (Wildman–Crippen MR) is 104 cm³/mol. The van der Waals surface area contributed by atoms with Crippen molar-refractivity contribution in [1.82, 2.24) is 24.8 Å². The summed E-state index contributed by atoms with van der Waals surface area (Å²) in [4.78, 5) is 33.8. The number of H-pyrrole nitrogens is 1. The standard InChI is InChI=1S/C20H22N6O2/c1-13-23-16-3-2-14(10-17(16)24-13)20(27)26-5-4-15-18(11-26)21-12-22-19(15)25-6-8-28-9-7-25/h2-3,10,12H,4-9,11H2,1H3,(H,23,24). The highest BCUT2D eigenvalue weighted by molar-refractivity contribution is 5.97. The van der Waals surface area contributed by atoms with Crippen molar-refractivity contribution in [2.75, 3.05) is 37.7 Å². The van der Waals surface area contributed by atoms with Crippen LogP contribution < -0.4 is 4.90 Å². The van der Waals surface area contributed by atoms with Crippen LogP contribution in [-0.4, -0.2) is 63.6 Å². The Balaban J connectivity index is 1.39. The highest BCUT2D eigenvalue weighted by atomic mass is 16.5. The Bertz CT molecular complexity index is 1040. The number of carbonyl (C=O) groups excluding carboxylic acids is 1. The van der Waals surface area contributed by atoms with Crippen LogP contribution in [0.1, 0.15) is 27.4 Å².